The van der Waals surface area contributed by atoms with Gasteiger partial charge in [0.2, 0.25) is 0 Å². The van der Waals surface area contributed by atoms with Crippen molar-refractivity contribution in [2.75, 3.05) is 45.4 Å². The highest BCUT2D eigenvalue weighted by Crippen LogP contribution is 2.36. The third-order valence-corrected chi connectivity index (χ3v) is 8.37. The third kappa shape index (κ3) is 5.72. The van der Waals surface area contributed by atoms with E-state index in [2.05, 4.69) is 4.99 Å². The minimum atomic E-state index is -0.856. The number of hydrogen-bond acceptors (Lipinski definition) is 10. The fourth-order valence-corrected chi connectivity index (χ4v) is 6.44. The largest absolute Gasteiger partial charge is 0.496 e. The molecule has 1 saturated heterocycles. The summed E-state index contributed by atoms with van der Waals surface area (Å²) in [5.41, 5.74) is 1.97. The number of nitro groups is 1. The van der Waals surface area contributed by atoms with Crippen LogP contribution in [0, 0.1) is 10.1 Å². The molecule has 0 spiro atoms. The number of anilines is 1. The SMILES string of the molecule is COCCOC(=O)C1=C(C)N=c2sc(=Cc3ccc(N4CCCCC4)c([N+](=O)[O-])c3)c(=O)n2C1c1ccccc1OC. The average Bonchev–Trinajstić information content (AvgIpc) is 3.30. The first kappa shape index (κ1) is 29.2. The molecular formula is C30H32N4O7S. The minimum Gasteiger partial charge on any atom is -0.496 e. The molecule has 3 heterocycles. The Morgan fingerprint density at radius 2 is 1.90 bits per heavy atom. The van der Waals surface area contributed by atoms with Crippen LogP contribution in [-0.4, -0.2) is 56.0 Å². The predicted octanol–water partition coefficient (Wildman–Crippen LogP) is 3.33. The van der Waals surface area contributed by atoms with Gasteiger partial charge < -0.3 is 19.1 Å². The standard InChI is InChI=1S/C30H32N4O7S/c1-19-26(29(36)41-16-15-39-2)27(21-9-5-6-10-24(21)40-3)33-28(35)25(42-30(33)31-19)18-20-11-12-22(23(17-20)34(37)38)32-13-7-4-8-14-32/h5-6,9-12,17-18,27H,4,7-8,13-16H2,1-3H3. The fourth-order valence-electron chi connectivity index (χ4n) is 5.39. The molecule has 2 aromatic carbocycles. The van der Waals surface area contributed by atoms with Gasteiger partial charge in [-0.25, -0.2) is 9.79 Å². The molecule has 220 valence electrons. The number of carbonyl (C=O) groups is 1. The molecule has 11 nitrogen and oxygen atoms in total. The maximum atomic E-state index is 14.0. The molecule has 2 aliphatic rings. The summed E-state index contributed by atoms with van der Waals surface area (Å²) in [4.78, 5) is 46.0. The second kappa shape index (κ2) is 12.7. The molecule has 0 N–H and O–H groups in total. The molecule has 2 aliphatic heterocycles. The van der Waals surface area contributed by atoms with Crippen LogP contribution in [0.5, 0.6) is 5.75 Å². The number of carbonyl (C=O) groups excluding carboxylic acids is 1. The molecule has 5 rings (SSSR count). The molecule has 0 bridgehead atoms. The first-order chi connectivity index (χ1) is 20.3. The number of nitro benzene ring substituents is 1. The van der Waals surface area contributed by atoms with E-state index in [0.29, 0.717) is 37.6 Å². The zero-order valence-corrected chi connectivity index (χ0v) is 24.5. The van der Waals surface area contributed by atoms with Crippen LogP contribution in [0.2, 0.25) is 0 Å². The monoisotopic (exact) mass is 592 g/mol. The Bertz CT molecular complexity index is 1720. The second-order valence-corrected chi connectivity index (χ2v) is 11.0. The molecule has 0 radical (unpaired) electrons. The number of esters is 1. The van der Waals surface area contributed by atoms with Gasteiger partial charge in [-0.3, -0.25) is 19.5 Å². The second-order valence-electron chi connectivity index (χ2n) is 10.0. The zero-order valence-electron chi connectivity index (χ0n) is 23.7. The van der Waals surface area contributed by atoms with Gasteiger partial charge in [0, 0.05) is 31.8 Å². The molecule has 42 heavy (non-hydrogen) atoms. The number of nitrogens with zero attached hydrogens (tertiary/aromatic N) is 4. The molecule has 1 atom stereocenters. The predicted molar refractivity (Wildman–Crippen MR) is 159 cm³/mol. The topological polar surface area (TPSA) is 126 Å². The molecule has 3 aromatic rings. The summed E-state index contributed by atoms with van der Waals surface area (Å²) in [7, 11) is 3.03. The lowest BCUT2D eigenvalue weighted by molar-refractivity contribution is -0.384. The van der Waals surface area contributed by atoms with Crippen LogP contribution < -0.4 is 24.5 Å². The van der Waals surface area contributed by atoms with Gasteiger partial charge in [-0.05, 0) is 50.0 Å². The fraction of sp³-hybridized carbons (Fsp3) is 0.367. The van der Waals surface area contributed by atoms with Crippen LogP contribution in [0.3, 0.4) is 0 Å². The van der Waals surface area contributed by atoms with Crippen molar-refractivity contribution >= 4 is 34.8 Å². The molecule has 1 aromatic heterocycles. The first-order valence-corrected chi connectivity index (χ1v) is 14.5. The molecule has 0 amide bonds. The number of para-hydroxylation sites is 1. The molecular weight excluding hydrogens is 560 g/mol. The van der Waals surface area contributed by atoms with Gasteiger partial charge in [-0.1, -0.05) is 35.6 Å². The molecule has 1 fully saturated rings. The van der Waals surface area contributed by atoms with E-state index in [4.69, 9.17) is 14.2 Å². The maximum Gasteiger partial charge on any atom is 0.338 e. The van der Waals surface area contributed by atoms with Crippen LogP contribution in [-0.2, 0) is 14.3 Å². The van der Waals surface area contributed by atoms with Gasteiger partial charge in [0.1, 0.15) is 24.1 Å². The number of allylic oxidation sites excluding steroid dienone is 1. The van der Waals surface area contributed by atoms with Crippen LogP contribution in [0.25, 0.3) is 6.08 Å². The summed E-state index contributed by atoms with van der Waals surface area (Å²) < 4.78 is 17.9. The Morgan fingerprint density at radius 3 is 2.62 bits per heavy atom. The van der Waals surface area contributed by atoms with Crippen molar-refractivity contribution in [1.29, 1.82) is 0 Å². The number of rotatable bonds is 9. The van der Waals surface area contributed by atoms with Gasteiger partial charge in [-0.2, -0.15) is 0 Å². The number of methoxy groups -OCH3 is 2. The minimum absolute atomic E-state index is 0.00209. The summed E-state index contributed by atoms with van der Waals surface area (Å²) >= 11 is 1.16. The molecule has 1 unspecified atom stereocenters. The Kier molecular flexibility index (Phi) is 8.83. The number of hydrogen-bond donors (Lipinski definition) is 0. The van der Waals surface area contributed by atoms with Crippen LogP contribution in [0.4, 0.5) is 11.4 Å². The molecule has 12 heteroatoms. The van der Waals surface area contributed by atoms with Gasteiger partial charge in [0.25, 0.3) is 11.2 Å². The lowest BCUT2D eigenvalue weighted by Crippen LogP contribution is -2.40. The first-order valence-electron chi connectivity index (χ1n) is 13.7. The van der Waals surface area contributed by atoms with Gasteiger partial charge >= 0.3 is 5.97 Å². The summed E-state index contributed by atoms with van der Waals surface area (Å²) in [5, 5.41) is 12.0. The van der Waals surface area contributed by atoms with Crippen molar-refractivity contribution in [3.05, 3.63) is 94.7 Å². The van der Waals surface area contributed by atoms with Gasteiger partial charge in [0.05, 0.1) is 34.4 Å². The van der Waals surface area contributed by atoms with E-state index >= 15 is 0 Å². The number of ether oxygens (including phenoxy) is 3. The summed E-state index contributed by atoms with van der Waals surface area (Å²) in [6.07, 6.45) is 4.74. The van der Waals surface area contributed by atoms with Crippen LogP contribution in [0.1, 0.15) is 43.4 Å². The van der Waals surface area contributed by atoms with E-state index in [1.807, 2.05) is 4.90 Å². The zero-order chi connectivity index (χ0) is 29.8. The highest BCUT2D eigenvalue weighted by Gasteiger charge is 2.35. The smallest absolute Gasteiger partial charge is 0.338 e. The van der Waals surface area contributed by atoms with Crippen molar-refractivity contribution in [1.82, 2.24) is 4.57 Å². The highest BCUT2D eigenvalue weighted by atomic mass is 32.1. The Morgan fingerprint density at radius 1 is 1.14 bits per heavy atom. The van der Waals surface area contributed by atoms with E-state index in [-0.39, 0.29) is 35.0 Å². The van der Waals surface area contributed by atoms with E-state index in [1.165, 1.54) is 24.9 Å². The number of thiazole rings is 1. The third-order valence-electron chi connectivity index (χ3n) is 7.39. The molecule has 0 aliphatic carbocycles. The number of benzene rings is 2. The van der Waals surface area contributed by atoms with Crippen LogP contribution in [0.15, 0.2) is 63.5 Å². The lowest BCUT2D eigenvalue weighted by atomic mass is 9.95. The average molecular weight is 593 g/mol. The summed E-state index contributed by atoms with van der Waals surface area (Å²) in [5.74, 6) is -0.111. The van der Waals surface area contributed by atoms with Crippen molar-refractivity contribution < 1.29 is 23.9 Å². The van der Waals surface area contributed by atoms with Gasteiger partial charge in [0.15, 0.2) is 4.80 Å². The maximum absolute atomic E-state index is 14.0. The van der Waals surface area contributed by atoms with E-state index in [0.717, 1.165) is 43.7 Å². The van der Waals surface area contributed by atoms with Gasteiger partial charge in [-0.15, -0.1) is 0 Å². The number of fused-ring (bicyclic) bond motifs is 1. The Balaban J connectivity index is 1.63. The van der Waals surface area contributed by atoms with Crippen molar-refractivity contribution in [3.8, 4) is 5.75 Å². The van der Waals surface area contributed by atoms with Crippen molar-refractivity contribution in [3.63, 3.8) is 0 Å². The Hall–Kier alpha value is -4.29. The van der Waals surface area contributed by atoms with Crippen LogP contribution >= 0.6 is 11.3 Å². The normalized spacial score (nSPS) is 17.1. The van der Waals surface area contributed by atoms with Crippen molar-refractivity contribution in [2.24, 2.45) is 4.99 Å². The van der Waals surface area contributed by atoms with E-state index < -0.39 is 12.0 Å². The quantitative estimate of drug-likeness (QED) is 0.160. The van der Waals surface area contributed by atoms with E-state index in [1.54, 1.807) is 49.4 Å². The molecule has 0 saturated carbocycles. The Labute approximate surface area is 246 Å². The summed E-state index contributed by atoms with van der Waals surface area (Å²) in [6.45, 7) is 3.52. The highest BCUT2D eigenvalue weighted by molar-refractivity contribution is 7.07. The number of aromatic nitrogens is 1. The number of piperidine rings is 1. The van der Waals surface area contributed by atoms with Crippen molar-refractivity contribution in [2.45, 2.75) is 32.2 Å². The van der Waals surface area contributed by atoms with E-state index in [9.17, 15) is 19.7 Å². The lowest BCUT2D eigenvalue weighted by Gasteiger charge is -2.28. The summed E-state index contributed by atoms with van der Waals surface area (Å²) in [6, 6.07) is 11.4.